The van der Waals surface area contributed by atoms with Gasteiger partial charge in [0.2, 0.25) is 0 Å². The molecule has 4 heteroatoms. The van der Waals surface area contributed by atoms with Gasteiger partial charge in [-0.25, -0.2) is 4.39 Å². The molecule has 21 heavy (non-hydrogen) atoms. The highest BCUT2D eigenvalue weighted by molar-refractivity contribution is 9.10. The monoisotopic (exact) mass is 351 g/mol. The molecule has 112 valence electrons. The fraction of sp³-hybridized carbons (Fsp3) is 0.294. The summed E-state index contributed by atoms with van der Waals surface area (Å²) < 4.78 is 20.3. The molecule has 0 aliphatic rings. The lowest BCUT2D eigenvalue weighted by Gasteiger charge is -2.14. The van der Waals surface area contributed by atoms with Crippen LogP contribution in [-0.2, 0) is 13.2 Å². The highest BCUT2D eigenvalue weighted by Crippen LogP contribution is 2.23. The Balaban J connectivity index is 2.10. The van der Waals surface area contributed by atoms with Crippen LogP contribution in [0.3, 0.4) is 0 Å². The van der Waals surface area contributed by atoms with Gasteiger partial charge in [0.1, 0.15) is 18.2 Å². The quantitative estimate of drug-likeness (QED) is 0.816. The Morgan fingerprint density at radius 2 is 1.90 bits per heavy atom. The van der Waals surface area contributed by atoms with E-state index in [2.05, 4.69) is 35.1 Å². The van der Waals surface area contributed by atoms with Crippen molar-refractivity contribution in [3.05, 3.63) is 63.9 Å². The predicted molar refractivity (Wildman–Crippen MR) is 86.8 cm³/mol. The number of hydrogen-bond acceptors (Lipinski definition) is 2. The van der Waals surface area contributed by atoms with E-state index in [-0.39, 0.29) is 5.82 Å². The first-order chi connectivity index (χ1) is 10.1. The van der Waals surface area contributed by atoms with Crippen molar-refractivity contribution in [3.8, 4) is 5.75 Å². The third-order valence-electron chi connectivity index (χ3n) is 3.06. The molecule has 0 saturated heterocycles. The van der Waals surface area contributed by atoms with E-state index in [1.165, 1.54) is 12.1 Å². The van der Waals surface area contributed by atoms with Crippen LogP contribution in [0.5, 0.6) is 5.75 Å². The Hall–Kier alpha value is -1.39. The maximum atomic E-state index is 13.4. The number of benzene rings is 2. The van der Waals surface area contributed by atoms with Gasteiger partial charge >= 0.3 is 0 Å². The summed E-state index contributed by atoms with van der Waals surface area (Å²) in [6.07, 6.45) is 0. The predicted octanol–water partition coefficient (Wildman–Crippen LogP) is 4.67. The Labute approximate surface area is 133 Å². The van der Waals surface area contributed by atoms with Crippen LogP contribution in [-0.4, -0.2) is 6.04 Å². The van der Waals surface area contributed by atoms with Crippen LogP contribution in [0.15, 0.2) is 46.9 Å². The van der Waals surface area contributed by atoms with Crippen molar-refractivity contribution in [2.75, 3.05) is 0 Å². The van der Waals surface area contributed by atoms with Crippen LogP contribution in [0, 0.1) is 5.82 Å². The molecule has 0 heterocycles. The molecule has 2 rings (SSSR count). The van der Waals surface area contributed by atoms with E-state index in [1.54, 1.807) is 6.07 Å². The molecule has 2 aromatic carbocycles. The molecule has 0 aliphatic heterocycles. The van der Waals surface area contributed by atoms with Gasteiger partial charge in [-0.05, 0) is 24.3 Å². The van der Waals surface area contributed by atoms with E-state index in [1.807, 2.05) is 24.3 Å². The van der Waals surface area contributed by atoms with Crippen LogP contribution < -0.4 is 10.1 Å². The van der Waals surface area contributed by atoms with Crippen molar-refractivity contribution in [2.45, 2.75) is 33.0 Å². The molecule has 0 amide bonds. The first-order valence-corrected chi connectivity index (χ1v) is 7.73. The Morgan fingerprint density at radius 1 is 1.14 bits per heavy atom. The first kappa shape index (κ1) is 16.0. The number of nitrogens with one attached hydrogen (secondary N) is 1. The summed E-state index contributed by atoms with van der Waals surface area (Å²) in [5, 5.41) is 3.28. The van der Waals surface area contributed by atoms with Gasteiger partial charge in [-0.2, -0.15) is 0 Å². The zero-order valence-corrected chi connectivity index (χ0v) is 13.8. The average molecular weight is 352 g/mol. The van der Waals surface area contributed by atoms with Gasteiger partial charge in [0.05, 0.1) is 0 Å². The van der Waals surface area contributed by atoms with E-state index >= 15 is 0 Å². The lowest BCUT2D eigenvalue weighted by molar-refractivity contribution is 0.300. The molecule has 1 N–H and O–H groups in total. The summed E-state index contributed by atoms with van der Waals surface area (Å²) in [6, 6.07) is 12.9. The molecule has 0 atom stereocenters. The first-order valence-electron chi connectivity index (χ1n) is 6.94. The lowest BCUT2D eigenvalue weighted by atomic mass is 10.2. The molecule has 0 radical (unpaired) electrons. The van der Waals surface area contributed by atoms with Crippen LogP contribution in [0.25, 0.3) is 0 Å². The second-order valence-electron chi connectivity index (χ2n) is 5.17. The molecular weight excluding hydrogens is 333 g/mol. The summed E-state index contributed by atoms with van der Waals surface area (Å²) in [5.74, 6) is 0.462. The summed E-state index contributed by atoms with van der Waals surface area (Å²) in [7, 11) is 0. The maximum Gasteiger partial charge on any atom is 0.124 e. The van der Waals surface area contributed by atoms with Crippen molar-refractivity contribution in [1.29, 1.82) is 0 Å². The summed E-state index contributed by atoms with van der Waals surface area (Å²) >= 11 is 3.50. The molecule has 0 spiro atoms. The standard InChI is InChI=1S/C17H19BrFNO/c1-12(2)20-10-14-9-15(19)7-8-17(14)21-11-13-5-3-4-6-16(13)18/h3-9,12,20H,10-11H2,1-2H3. The minimum absolute atomic E-state index is 0.246. The van der Waals surface area contributed by atoms with Gasteiger partial charge in [0.15, 0.2) is 0 Å². The zero-order valence-electron chi connectivity index (χ0n) is 12.2. The second kappa shape index (κ2) is 7.57. The van der Waals surface area contributed by atoms with Crippen molar-refractivity contribution in [2.24, 2.45) is 0 Å². The molecule has 0 bridgehead atoms. The van der Waals surface area contributed by atoms with Gasteiger partial charge in [0.25, 0.3) is 0 Å². The highest BCUT2D eigenvalue weighted by atomic mass is 79.9. The molecule has 0 fully saturated rings. The van der Waals surface area contributed by atoms with Crippen molar-refractivity contribution >= 4 is 15.9 Å². The third kappa shape index (κ3) is 4.83. The lowest BCUT2D eigenvalue weighted by Crippen LogP contribution is -2.22. The summed E-state index contributed by atoms with van der Waals surface area (Å²) in [4.78, 5) is 0. The van der Waals surface area contributed by atoms with Gasteiger partial charge in [-0.3, -0.25) is 0 Å². The largest absolute Gasteiger partial charge is 0.489 e. The molecule has 0 unspecified atom stereocenters. The molecule has 2 nitrogen and oxygen atoms in total. The molecular formula is C17H19BrFNO. The van der Waals surface area contributed by atoms with Crippen LogP contribution >= 0.6 is 15.9 Å². The molecule has 2 aromatic rings. The van der Waals surface area contributed by atoms with Crippen LogP contribution in [0.2, 0.25) is 0 Å². The number of hydrogen-bond donors (Lipinski definition) is 1. The van der Waals surface area contributed by atoms with Gasteiger partial charge < -0.3 is 10.1 Å². The minimum atomic E-state index is -0.246. The average Bonchev–Trinajstić information content (AvgIpc) is 2.45. The Morgan fingerprint density at radius 3 is 2.62 bits per heavy atom. The third-order valence-corrected chi connectivity index (χ3v) is 3.84. The minimum Gasteiger partial charge on any atom is -0.489 e. The smallest absolute Gasteiger partial charge is 0.124 e. The van der Waals surface area contributed by atoms with Gasteiger partial charge in [-0.15, -0.1) is 0 Å². The summed E-state index contributed by atoms with van der Waals surface area (Å²) in [5.41, 5.74) is 1.89. The van der Waals surface area contributed by atoms with Crippen molar-refractivity contribution in [3.63, 3.8) is 0 Å². The fourth-order valence-corrected chi connectivity index (χ4v) is 2.31. The van der Waals surface area contributed by atoms with Crippen molar-refractivity contribution in [1.82, 2.24) is 5.32 Å². The highest BCUT2D eigenvalue weighted by Gasteiger charge is 2.07. The van der Waals surface area contributed by atoms with E-state index in [4.69, 9.17) is 4.74 Å². The van der Waals surface area contributed by atoms with E-state index in [0.29, 0.717) is 24.9 Å². The summed E-state index contributed by atoms with van der Waals surface area (Å²) in [6.45, 7) is 5.14. The van der Waals surface area contributed by atoms with Crippen LogP contribution in [0.4, 0.5) is 4.39 Å². The number of rotatable bonds is 6. The SMILES string of the molecule is CC(C)NCc1cc(F)ccc1OCc1ccccc1Br. The number of ether oxygens (including phenoxy) is 1. The molecule has 0 aliphatic carbocycles. The van der Waals surface area contributed by atoms with Crippen LogP contribution in [0.1, 0.15) is 25.0 Å². The molecule has 0 saturated carbocycles. The van der Waals surface area contributed by atoms with Gasteiger partial charge in [0, 0.05) is 28.2 Å². The Kier molecular flexibility index (Phi) is 5.76. The zero-order chi connectivity index (χ0) is 15.2. The normalized spacial score (nSPS) is 10.9. The molecule has 0 aromatic heterocycles. The van der Waals surface area contributed by atoms with E-state index < -0.39 is 0 Å². The van der Waals surface area contributed by atoms with E-state index in [9.17, 15) is 4.39 Å². The number of halogens is 2. The maximum absolute atomic E-state index is 13.4. The van der Waals surface area contributed by atoms with Crippen molar-refractivity contribution < 1.29 is 9.13 Å². The second-order valence-corrected chi connectivity index (χ2v) is 6.02. The Bertz CT molecular complexity index is 601. The topological polar surface area (TPSA) is 21.3 Å². The van der Waals surface area contributed by atoms with Gasteiger partial charge in [-0.1, -0.05) is 48.0 Å². The van der Waals surface area contributed by atoms with E-state index in [0.717, 1.165) is 15.6 Å². The fourth-order valence-electron chi connectivity index (χ4n) is 1.91.